The molecule has 0 amide bonds. The molecule has 1 atom stereocenters. The molecule has 0 N–H and O–H groups in total. The highest BCUT2D eigenvalue weighted by Crippen LogP contribution is 2.39. The average molecular weight is 315 g/mol. The standard InChI is InChI=1S/C14H16F3N3S/c1-10(2)12(11-6-4-3-5-7-11)21-13-19-18-9-20(13)8-14(15,16)17/h3-7,9-10,12H,8H2,1-2H3. The van der Waals surface area contributed by atoms with Crippen molar-refractivity contribution < 1.29 is 13.2 Å². The molecule has 0 radical (unpaired) electrons. The van der Waals surface area contributed by atoms with Crippen molar-refractivity contribution in [2.24, 2.45) is 5.92 Å². The monoisotopic (exact) mass is 315 g/mol. The fourth-order valence-corrected chi connectivity index (χ4v) is 3.12. The number of hydrogen-bond donors (Lipinski definition) is 0. The van der Waals surface area contributed by atoms with E-state index in [1.807, 2.05) is 44.2 Å². The lowest BCUT2D eigenvalue weighted by Gasteiger charge is -2.20. The molecule has 2 rings (SSSR count). The van der Waals surface area contributed by atoms with Gasteiger partial charge in [0, 0.05) is 5.25 Å². The zero-order valence-electron chi connectivity index (χ0n) is 11.7. The fraction of sp³-hybridized carbons (Fsp3) is 0.429. The first-order valence-electron chi connectivity index (χ1n) is 6.53. The molecule has 0 aliphatic heterocycles. The maximum absolute atomic E-state index is 12.5. The number of nitrogens with zero attached hydrogens (tertiary/aromatic N) is 3. The number of aromatic nitrogens is 3. The van der Waals surface area contributed by atoms with Crippen LogP contribution in [0, 0.1) is 5.92 Å². The first-order valence-corrected chi connectivity index (χ1v) is 7.41. The summed E-state index contributed by atoms with van der Waals surface area (Å²) in [5.74, 6) is 0.258. The third kappa shape index (κ3) is 4.49. The highest BCUT2D eigenvalue weighted by Gasteiger charge is 2.30. The minimum absolute atomic E-state index is 0.0300. The summed E-state index contributed by atoms with van der Waals surface area (Å²) in [7, 11) is 0. The SMILES string of the molecule is CC(C)C(Sc1nncn1CC(F)(F)F)c1ccccc1. The summed E-state index contributed by atoms with van der Waals surface area (Å²) in [5.41, 5.74) is 1.07. The molecule has 0 saturated heterocycles. The van der Waals surface area contributed by atoms with Crippen LogP contribution in [0.1, 0.15) is 24.7 Å². The highest BCUT2D eigenvalue weighted by atomic mass is 32.2. The largest absolute Gasteiger partial charge is 0.406 e. The van der Waals surface area contributed by atoms with Gasteiger partial charge >= 0.3 is 6.18 Å². The highest BCUT2D eigenvalue weighted by molar-refractivity contribution is 7.99. The summed E-state index contributed by atoms with van der Waals surface area (Å²) in [6.45, 7) is 3.01. The first-order chi connectivity index (χ1) is 9.87. The Morgan fingerprint density at radius 3 is 2.43 bits per heavy atom. The van der Waals surface area contributed by atoms with Gasteiger partial charge in [0.1, 0.15) is 12.9 Å². The van der Waals surface area contributed by atoms with E-state index in [4.69, 9.17) is 0 Å². The summed E-state index contributed by atoms with van der Waals surface area (Å²) in [5, 5.41) is 7.75. The molecular formula is C14H16F3N3S. The van der Waals surface area contributed by atoms with Gasteiger partial charge in [-0.05, 0) is 11.5 Å². The van der Waals surface area contributed by atoms with Crippen molar-refractivity contribution in [3.05, 3.63) is 42.2 Å². The molecule has 1 aromatic carbocycles. The van der Waals surface area contributed by atoms with Crippen molar-refractivity contribution in [3.8, 4) is 0 Å². The van der Waals surface area contributed by atoms with E-state index >= 15 is 0 Å². The van der Waals surface area contributed by atoms with Gasteiger partial charge in [0.2, 0.25) is 0 Å². The van der Waals surface area contributed by atoms with Crippen molar-refractivity contribution >= 4 is 11.8 Å². The van der Waals surface area contributed by atoms with E-state index in [2.05, 4.69) is 10.2 Å². The Kier molecular flexibility index (Phi) is 4.92. The van der Waals surface area contributed by atoms with Gasteiger partial charge in [0.25, 0.3) is 0 Å². The molecule has 7 heteroatoms. The van der Waals surface area contributed by atoms with Crippen LogP contribution in [0.2, 0.25) is 0 Å². The van der Waals surface area contributed by atoms with Gasteiger partial charge in [-0.2, -0.15) is 13.2 Å². The van der Waals surface area contributed by atoms with Crippen LogP contribution >= 0.6 is 11.8 Å². The van der Waals surface area contributed by atoms with Crippen LogP contribution < -0.4 is 0 Å². The first kappa shape index (κ1) is 15.9. The number of thioether (sulfide) groups is 1. The maximum atomic E-state index is 12.5. The van der Waals surface area contributed by atoms with E-state index in [9.17, 15) is 13.2 Å². The van der Waals surface area contributed by atoms with Gasteiger partial charge in [-0.25, -0.2) is 0 Å². The van der Waals surface area contributed by atoms with Gasteiger partial charge in [-0.1, -0.05) is 55.9 Å². The molecule has 0 bridgehead atoms. The molecule has 0 aliphatic carbocycles. The van der Waals surface area contributed by atoms with E-state index in [1.165, 1.54) is 11.8 Å². The minimum Gasteiger partial charge on any atom is -0.299 e. The van der Waals surface area contributed by atoms with E-state index < -0.39 is 12.7 Å². The molecule has 0 spiro atoms. The molecule has 3 nitrogen and oxygen atoms in total. The average Bonchev–Trinajstić information content (AvgIpc) is 2.81. The number of hydrogen-bond acceptors (Lipinski definition) is 3. The van der Waals surface area contributed by atoms with Crippen molar-refractivity contribution in [2.45, 2.75) is 37.0 Å². The van der Waals surface area contributed by atoms with Crippen molar-refractivity contribution in [1.29, 1.82) is 0 Å². The number of alkyl halides is 3. The number of rotatable bonds is 5. The van der Waals surface area contributed by atoms with Crippen LogP contribution in [0.3, 0.4) is 0 Å². The third-order valence-corrected chi connectivity index (χ3v) is 4.49. The zero-order valence-corrected chi connectivity index (χ0v) is 12.5. The molecule has 1 unspecified atom stereocenters. The molecule has 21 heavy (non-hydrogen) atoms. The van der Waals surface area contributed by atoms with Crippen LogP contribution in [-0.4, -0.2) is 20.9 Å². The molecule has 0 fully saturated rings. The molecular weight excluding hydrogens is 299 g/mol. The summed E-state index contributed by atoms with van der Waals surface area (Å²) < 4.78 is 38.6. The molecule has 0 aliphatic rings. The summed E-state index contributed by atoms with van der Waals surface area (Å²) >= 11 is 1.31. The summed E-state index contributed by atoms with van der Waals surface area (Å²) in [6, 6.07) is 9.71. The third-order valence-electron chi connectivity index (χ3n) is 2.90. The van der Waals surface area contributed by atoms with Gasteiger partial charge in [0.05, 0.1) is 0 Å². The van der Waals surface area contributed by atoms with Crippen LogP contribution in [0.5, 0.6) is 0 Å². The van der Waals surface area contributed by atoms with Crippen LogP contribution in [0.4, 0.5) is 13.2 Å². The van der Waals surface area contributed by atoms with E-state index in [0.717, 1.165) is 16.5 Å². The predicted molar refractivity (Wildman–Crippen MR) is 76.0 cm³/mol. The van der Waals surface area contributed by atoms with Gasteiger partial charge in [-0.15, -0.1) is 10.2 Å². The normalized spacial score (nSPS) is 13.6. The topological polar surface area (TPSA) is 30.7 Å². The molecule has 114 valence electrons. The fourth-order valence-electron chi connectivity index (χ4n) is 1.98. The number of benzene rings is 1. The summed E-state index contributed by atoms with van der Waals surface area (Å²) in [4.78, 5) is 0. The van der Waals surface area contributed by atoms with Gasteiger partial charge in [0.15, 0.2) is 5.16 Å². The van der Waals surface area contributed by atoms with Crippen molar-refractivity contribution in [1.82, 2.24) is 14.8 Å². The Morgan fingerprint density at radius 2 is 1.86 bits per heavy atom. The smallest absolute Gasteiger partial charge is 0.299 e. The Morgan fingerprint density at radius 1 is 1.19 bits per heavy atom. The Balaban J connectivity index is 2.21. The second kappa shape index (κ2) is 6.51. The lowest BCUT2D eigenvalue weighted by atomic mass is 10.0. The Hall–Kier alpha value is -1.50. The molecule has 0 saturated carbocycles. The van der Waals surface area contributed by atoms with Crippen LogP contribution in [-0.2, 0) is 6.54 Å². The van der Waals surface area contributed by atoms with Gasteiger partial charge in [-0.3, -0.25) is 4.57 Å². The summed E-state index contributed by atoms with van der Waals surface area (Å²) in [6.07, 6.45) is -3.16. The van der Waals surface area contributed by atoms with Gasteiger partial charge < -0.3 is 0 Å². The van der Waals surface area contributed by atoms with Crippen molar-refractivity contribution in [3.63, 3.8) is 0 Å². The Bertz CT molecular complexity index is 566. The minimum atomic E-state index is -4.28. The quantitative estimate of drug-likeness (QED) is 0.769. The second-order valence-corrected chi connectivity index (χ2v) is 6.16. The Labute approximate surface area is 125 Å². The van der Waals surface area contributed by atoms with Crippen molar-refractivity contribution in [2.75, 3.05) is 0 Å². The predicted octanol–water partition coefficient (Wildman–Crippen LogP) is 4.33. The second-order valence-electron chi connectivity index (χ2n) is 5.05. The molecule has 1 aromatic heterocycles. The van der Waals surface area contributed by atoms with Crippen LogP contribution in [0.15, 0.2) is 41.8 Å². The zero-order chi connectivity index (χ0) is 15.5. The van der Waals surface area contributed by atoms with E-state index in [-0.39, 0.29) is 16.3 Å². The molecule has 1 heterocycles. The van der Waals surface area contributed by atoms with Crippen LogP contribution in [0.25, 0.3) is 0 Å². The molecule has 2 aromatic rings. The number of halogens is 3. The van der Waals surface area contributed by atoms with E-state index in [0.29, 0.717) is 0 Å². The lowest BCUT2D eigenvalue weighted by molar-refractivity contribution is -0.142. The van der Waals surface area contributed by atoms with E-state index in [1.54, 1.807) is 0 Å². The lowest BCUT2D eigenvalue weighted by Crippen LogP contribution is -2.18. The maximum Gasteiger partial charge on any atom is 0.406 e.